The first kappa shape index (κ1) is 17.6. The molecule has 0 amide bonds. The molecular formula is C16H27NO2. The molecule has 3 nitrogen and oxygen atoms in total. The predicted molar refractivity (Wildman–Crippen MR) is 80.9 cm³/mol. The zero-order valence-electron chi connectivity index (χ0n) is 12.6. The fourth-order valence-electron chi connectivity index (χ4n) is 1.69. The van der Waals surface area contributed by atoms with Gasteiger partial charge in [0.25, 0.3) is 0 Å². The van der Waals surface area contributed by atoms with Crippen LogP contribution in [0.15, 0.2) is 24.3 Å². The summed E-state index contributed by atoms with van der Waals surface area (Å²) < 4.78 is 0. The van der Waals surface area contributed by atoms with Crippen LogP contribution in [-0.2, 0) is 6.42 Å². The van der Waals surface area contributed by atoms with Gasteiger partial charge >= 0.3 is 5.97 Å². The van der Waals surface area contributed by atoms with Gasteiger partial charge in [-0.1, -0.05) is 44.4 Å². The van der Waals surface area contributed by atoms with Crippen LogP contribution in [-0.4, -0.2) is 37.1 Å². The number of rotatable bonds is 6. The van der Waals surface area contributed by atoms with Crippen molar-refractivity contribution in [1.29, 1.82) is 0 Å². The van der Waals surface area contributed by atoms with Crippen LogP contribution in [0, 0.1) is 0 Å². The average Bonchev–Trinajstić information content (AvgIpc) is 2.34. The fourth-order valence-corrected chi connectivity index (χ4v) is 1.69. The monoisotopic (exact) mass is 265 g/mol. The number of carboxylic acid groups (broad SMARTS) is 1. The lowest BCUT2D eigenvalue weighted by atomic mass is 10.0. The maximum Gasteiger partial charge on any atom is 0.335 e. The Balaban J connectivity index is 0.000000711. The van der Waals surface area contributed by atoms with Crippen LogP contribution in [0.4, 0.5) is 0 Å². The lowest BCUT2D eigenvalue weighted by Crippen LogP contribution is -2.02. The van der Waals surface area contributed by atoms with E-state index in [1.807, 2.05) is 38.2 Å². The smallest absolute Gasteiger partial charge is 0.335 e. The van der Waals surface area contributed by atoms with Gasteiger partial charge in [-0.2, -0.15) is 0 Å². The topological polar surface area (TPSA) is 40.5 Å². The van der Waals surface area contributed by atoms with Gasteiger partial charge in [0.15, 0.2) is 0 Å². The number of carboxylic acids is 1. The zero-order valence-corrected chi connectivity index (χ0v) is 12.6. The summed E-state index contributed by atoms with van der Waals surface area (Å²) in [7, 11) is 6.00. The van der Waals surface area contributed by atoms with Gasteiger partial charge in [-0.15, -0.1) is 0 Å². The predicted octanol–water partition coefficient (Wildman–Crippen LogP) is 3.69. The van der Waals surface area contributed by atoms with Crippen molar-refractivity contribution < 1.29 is 9.90 Å². The van der Waals surface area contributed by atoms with Crippen molar-refractivity contribution in [3.05, 3.63) is 35.4 Å². The Morgan fingerprint density at radius 1 is 1.11 bits per heavy atom. The van der Waals surface area contributed by atoms with Gasteiger partial charge in [-0.05, 0) is 45.6 Å². The summed E-state index contributed by atoms with van der Waals surface area (Å²) in [6.45, 7) is 2.17. The number of nitrogens with zero attached hydrogens (tertiary/aromatic N) is 1. The van der Waals surface area contributed by atoms with Crippen LogP contribution in [0.3, 0.4) is 0 Å². The number of benzene rings is 1. The molecule has 0 spiro atoms. The van der Waals surface area contributed by atoms with Gasteiger partial charge in [0.2, 0.25) is 0 Å². The van der Waals surface area contributed by atoms with Crippen molar-refractivity contribution in [3.8, 4) is 0 Å². The van der Waals surface area contributed by atoms with E-state index in [2.05, 4.69) is 6.92 Å². The van der Waals surface area contributed by atoms with Gasteiger partial charge in [-0.3, -0.25) is 0 Å². The van der Waals surface area contributed by atoms with E-state index in [0.29, 0.717) is 5.56 Å². The van der Waals surface area contributed by atoms with Crippen LogP contribution in [0.25, 0.3) is 0 Å². The number of unbranched alkanes of at least 4 members (excludes halogenated alkanes) is 3. The molecule has 3 heteroatoms. The van der Waals surface area contributed by atoms with E-state index < -0.39 is 5.97 Å². The number of hydrogen-bond acceptors (Lipinski definition) is 2. The Labute approximate surface area is 117 Å². The molecule has 0 saturated heterocycles. The number of hydrogen-bond donors (Lipinski definition) is 1. The summed E-state index contributed by atoms with van der Waals surface area (Å²) in [5, 5.41) is 8.97. The Bertz CT molecular complexity index is 359. The summed E-state index contributed by atoms with van der Waals surface area (Å²) in [6.07, 6.45) is 5.58. The maximum atomic E-state index is 10.9. The molecule has 0 bridgehead atoms. The highest BCUT2D eigenvalue weighted by Gasteiger charge is 2.07. The highest BCUT2D eigenvalue weighted by atomic mass is 16.4. The number of carbonyl (C=O) groups is 1. The van der Waals surface area contributed by atoms with E-state index >= 15 is 0 Å². The molecule has 0 atom stereocenters. The lowest BCUT2D eigenvalue weighted by molar-refractivity contribution is 0.0695. The first-order chi connectivity index (χ1) is 8.99. The molecule has 19 heavy (non-hydrogen) atoms. The maximum absolute atomic E-state index is 10.9. The molecule has 0 aliphatic rings. The highest BCUT2D eigenvalue weighted by Crippen LogP contribution is 2.13. The van der Waals surface area contributed by atoms with Gasteiger partial charge in [0.1, 0.15) is 0 Å². The van der Waals surface area contributed by atoms with Crippen molar-refractivity contribution in [2.24, 2.45) is 0 Å². The lowest BCUT2D eigenvalue weighted by Gasteiger charge is -2.05. The molecule has 0 fully saturated rings. The van der Waals surface area contributed by atoms with Gasteiger partial charge in [0.05, 0.1) is 5.56 Å². The van der Waals surface area contributed by atoms with Crippen molar-refractivity contribution in [1.82, 2.24) is 4.90 Å². The van der Waals surface area contributed by atoms with Crippen LogP contribution >= 0.6 is 0 Å². The molecule has 0 saturated carbocycles. The Morgan fingerprint density at radius 2 is 1.68 bits per heavy atom. The van der Waals surface area contributed by atoms with Crippen molar-refractivity contribution in [2.75, 3.05) is 21.1 Å². The van der Waals surface area contributed by atoms with Gasteiger partial charge in [0, 0.05) is 0 Å². The Hall–Kier alpha value is -1.35. The molecule has 1 aromatic carbocycles. The van der Waals surface area contributed by atoms with Gasteiger partial charge in [-0.25, -0.2) is 4.79 Å². The van der Waals surface area contributed by atoms with Crippen LogP contribution < -0.4 is 0 Å². The molecule has 1 N–H and O–H groups in total. The third-order valence-electron chi connectivity index (χ3n) is 2.55. The summed E-state index contributed by atoms with van der Waals surface area (Å²) in [5.74, 6) is -0.818. The molecule has 0 heterocycles. The molecule has 1 rings (SSSR count). The minimum absolute atomic E-state index is 0.453. The number of aryl methyl sites for hydroxylation is 1. The second-order valence-corrected chi connectivity index (χ2v) is 5.11. The molecule has 108 valence electrons. The Kier molecular flexibility index (Phi) is 9.81. The van der Waals surface area contributed by atoms with E-state index in [1.165, 1.54) is 19.3 Å². The van der Waals surface area contributed by atoms with Crippen LogP contribution in [0.1, 0.15) is 48.5 Å². The van der Waals surface area contributed by atoms with Crippen molar-refractivity contribution >= 4 is 5.97 Å². The Morgan fingerprint density at radius 3 is 2.21 bits per heavy atom. The normalized spacial score (nSPS) is 9.95. The van der Waals surface area contributed by atoms with Gasteiger partial charge < -0.3 is 10.0 Å². The molecule has 0 aliphatic carbocycles. The zero-order chi connectivity index (χ0) is 14.7. The molecule has 0 aromatic heterocycles. The quantitative estimate of drug-likeness (QED) is 0.798. The summed E-state index contributed by atoms with van der Waals surface area (Å²) in [6, 6.07) is 7.27. The summed E-state index contributed by atoms with van der Waals surface area (Å²) in [5.41, 5.74) is 1.41. The number of aromatic carboxylic acids is 1. The second kappa shape index (κ2) is 10.6. The first-order valence-corrected chi connectivity index (χ1v) is 6.91. The van der Waals surface area contributed by atoms with E-state index in [9.17, 15) is 4.79 Å². The largest absolute Gasteiger partial charge is 0.478 e. The SMILES string of the molecule is CCCCCCc1ccccc1C(=O)O.CN(C)C. The highest BCUT2D eigenvalue weighted by molar-refractivity contribution is 5.89. The standard InChI is InChI=1S/C13H18O2.C3H9N/c1-2-3-4-5-8-11-9-6-7-10-12(11)13(14)15;1-4(2)3/h6-7,9-10H,2-5,8H2,1H3,(H,14,15);1-3H3. The molecular weight excluding hydrogens is 238 g/mol. The van der Waals surface area contributed by atoms with E-state index in [1.54, 1.807) is 12.1 Å². The minimum atomic E-state index is -0.818. The average molecular weight is 265 g/mol. The van der Waals surface area contributed by atoms with E-state index in [4.69, 9.17) is 5.11 Å². The van der Waals surface area contributed by atoms with Crippen LogP contribution in [0.5, 0.6) is 0 Å². The van der Waals surface area contributed by atoms with E-state index in [0.717, 1.165) is 18.4 Å². The van der Waals surface area contributed by atoms with E-state index in [-0.39, 0.29) is 0 Å². The summed E-state index contributed by atoms with van der Waals surface area (Å²) in [4.78, 5) is 12.9. The third kappa shape index (κ3) is 9.25. The van der Waals surface area contributed by atoms with Crippen molar-refractivity contribution in [2.45, 2.75) is 39.0 Å². The molecule has 1 aromatic rings. The van der Waals surface area contributed by atoms with Crippen LogP contribution in [0.2, 0.25) is 0 Å². The summed E-state index contributed by atoms with van der Waals surface area (Å²) >= 11 is 0. The second-order valence-electron chi connectivity index (χ2n) is 5.11. The minimum Gasteiger partial charge on any atom is -0.478 e. The third-order valence-corrected chi connectivity index (χ3v) is 2.55. The fraction of sp³-hybridized carbons (Fsp3) is 0.562. The molecule has 0 radical (unpaired) electrons. The first-order valence-electron chi connectivity index (χ1n) is 6.91. The molecule has 0 unspecified atom stereocenters. The molecule has 0 aliphatic heterocycles. The van der Waals surface area contributed by atoms with Crippen molar-refractivity contribution in [3.63, 3.8) is 0 Å².